The summed E-state index contributed by atoms with van der Waals surface area (Å²) in [7, 11) is 0. The van der Waals surface area contributed by atoms with Crippen LogP contribution in [-0.4, -0.2) is 0 Å². The Balaban J connectivity index is 2.19. The molecule has 0 unspecified atom stereocenters. The zero-order chi connectivity index (χ0) is 11.0. The van der Waals surface area contributed by atoms with Crippen LogP contribution in [0, 0.1) is 6.92 Å². The van der Waals surface area contributed by atoms with E-state index in [-0.39, 0.29) is 0 Å². The zero-order valence-corrected chi connectivity index (χ0v) is 9.10. The van der Waals surface area contributed by atoms with Crippen LogP contribution in [0.3, 0.4) is 0 Å². The van der Waals surface area contributed by atoms with Crippen molar-refractivity contribution in [2.45, 2.75) is 6.92 Å². The maximum atomic E-state index is 5.81. The van der Waals surface area contributed by atoms with Crippen molar-refractivity contribution in [1.82, 2.24) is 0 Å². The van der Waals surface area contributed by atoms with Crippen LogP contribution in [0.4, 0.5) is 0 Å². The molecule has 3 aromatic rings. The summed E-state index contributed by atoms with van der Waals surface area (Å²) < 4.78 is 5.81. The Bertz CT molecular complexity index is 620. The van der Waals surface area contributed by atoms with Gasteiger partial charge in [0, 0.05) is 10.9 Å². The summed E-state index contributed by atoms with van der Waals surface area (Å²) in [6.07, 6.45) is 0. The number of hydrogen-bond acceptors (Lipinski definition) is 1. The third-order valence-electron chi connectivity index (χ3n) is 2.73. The number of rotatable bonds is 1. The summed E-state index contributed by atoms with van der Waals surface area (Å²) in [5.74, 6) is 0.932. The van der Waals surface area contributed by atoms with Gasteiger partial charge in [-0.2, -0.15) is 0 Å². The van der Waals surface area contributed by atoms with Gasteiger partial charge in [-0.1, -0.05) is 42.0 Å². The van der Waals surface area contributed by atoms with E-state index in [4.69, 9.17) is 4.42 Å². The van der Waals surface area contributed by atoms with Crippen molar-refractivity contribution in [1.29, 1.82) is 0 Å². The Morgan fingerprint density at radius 3 is 2.50 bits per heavy atom. The van der Waals surface area contributed by atoms with Crippen LogP contribution in [0.15, 0.2) is 59.0 Å². The standard InChI is InChI=1S/C15H12O/c1-11-7-8-14-13(9-11)10-15(16-14)12-5-3-2-4-6-12/h2-10H,1H3. The lowest BCUT2D eigenvalue weighted by Crippen LogP contribution is -1.69. The van der Waals surface area contributed by atoms with Crippen molar-refractivity contribution in [3.05, 3.63) is 60.2 Å². The molecule has 0 aliphatic rings. The predicted octanol–water partition coefficient (Wildman–Crippen LogP) is 4.41. The summed E-state index contributed by atoms with van der Waals surface area (Å²) >= 11 is 0. The van der Waals surface area contributed by atoms with Crippen LogP contribution in [0.2, 0.25) is 0 Å². The highest BCUT2D eigenvalue weighted by atomic mass is 16.3. The average Bonchev–Trinajstić information content (AvgIpc) is 2.73. The minimum Gasteiger partial charge on any atom is -0.456 e. The molecule has 0 saturated carbocycles. The van der Waals surface area contributed by atoms with Crippen molar-refractivity contribution in [3.8, 4) is 11.3 Å². The van der Waals surface area contributed by atoms with E-state index in [9.17, 15) is 0 Å². The van der Waals surface area contributed by atoms with E-state index in [1.165, 1.54) is 10.9 Å². The lowest BCUT2D eigenvalue weighted by molar-refractivity contribution is 0.631. The number of furan rings is 1. The molecular formula is C15H12O. The third kappa shape index (κ3) is 1.50. The van der Waals surface area contributed by atoms with E-state index >= 15 is 0 Å². The smallest absolute Gasteiger partial charge is 0.135 e. The Morgan fingerprint density at radius 2 is 1.69 bits per heavy atom. The van der Waals surface area contributed by atoms with Gasteiger partial charge in [-0.05, 0) is 25.1 Å². The van der Waals surface area contributed by atoms with Crippen molar-refractivity contribution >= 4 is 11.0 Å². The van der Waals surface area contributed by atoms with Crippen molar-refractivity contribution in [2.75, 3.05) is 0 Å². The molecule has 0 N–H and O–H groups in total. The first-order valence-electron chi connectivity index (χ1n) is 5.38. The van der Waals surface area contributed by atoms with E-state index < -0.39 is 0 Å². The maximum absolute atomic E-state index is 5.81. The Kier molecular flexibility index (Phi) is 2.03. The molecule has 0 saturated heterocycles. The SMILES string of the molecule is Cc1ccc2oc(-c3ccccc3)cc2c1. The predicted molar refractivity (Wildman–Crippen MR) is 66.4 cm³/mol. The molecule has 1 heterocycles. The lowest BCUT2D eigenvalue weighted by Gasteiger charge is -1.93. The quantitative estimate of drug-likeness (QED) is 0.577. The minimum absolute atomic E-state index is 0.932. The second kappa shape index (κ2) is 3.53. The van der Waals surface area contributed by atoms with Gasteiger partial charge in [0.15, 0.2) is 0 Å². The van der Waals surface area contributed by atoms with Gasteiger partial charge in [0.2, 0.25) is 0 Å². The lowest BCUT2D eigenvalue weighted by atomic mass is 10.1. The van der Waals surface area contributed by atoms with Crippen molar-refractivity contribution in [2.24, 2.45) is 0 Å². The zero-order valence-electron chi connectivity index (χ0n) is 9.10. The van der Waals surface area contributed by atoms with Gasteiger partial charge in [-0.25, -0.2) is 0 Å². The first-order chi connectivity index (χ1) is 7.83. The first-order valence-corrected chi connectivity index (χ1v) is 5.38. The molecule has 1 aromatic heterocycles. The normalized spacial score (nSPS) is 10.8. The molecule has 78 valence electrons. The molecule has 2 aromatic carbocycles. The topological polar surface area (TPSA) is 13.1 Å². The van der Waals surface area contributed by atoms with E-state index in [1.54, 1.807) is 0 Å². The van der Waals surface area contributed by atoms with E-state index in [0.29, 0.717) is 0 Å². The molecule has 0 fully saturated rings. The van der Waals surface area contributed by atoms with Crippen molar-refractivity contribution in [3.63, 3.8) is 0 Å². The largest absolute Gasteiger partial charge is 0.456 e. The molecule has 1 nitrogen and oxygen atoms in total. The maximum Gasteiger partial charge on any atom is 0.135 e. The summed E-state index contributed by atoms with van der Waals surface area (Å²) in [4.78, 5) is 0. The molecule has 0 amide bonds. The first kappa shape index (κ1) is 9.22. The molecule has 16 heavy (non-hydrogen) atoms. The third-order valence-corrected chi connectivity index (χ3v) is 2.73. The van der Waals surface area contributed by atoms with Gasteiger partial charge in [-0.15, -0.1) is 0 Å². The van der Waals surface area contributed by atoms with E-state index in [1.807, 2.05) is 24.3 Å². The molecule has 0 aliphatic carbocycles. The molecule has 1 heteroatoms. The highest BCUT2D eigenvalue weighted by Crippen LogP contribution is 2.27. The fourth-order valence-electron chi connectivity index (χ4n) is 1.91. The highest BCUT2D eigenvalue weighted by molar-refractivity contribution is 5.83. The van der Waals surface area contributed by atoms with Crippen LogP contribution in [0.5, 0.6) is 0 Å². The number of hydrogen-bond donors (Lipinski definition) is 0. The van der Waals surface area contributed by atoms with Gasteiger partial charge in [0.25, 0.3) is 0 Å². The van der Waals surface area contributed by atoms with E-state index in [2.05, 4.69) is 37.3 Å². The molecule has 0 bridgehead atoms. The average molecular weight is 208 g/mol. The molecule has 0 spiro atoms. The van der Waals surface area contributed by atoms with Crippen LogP contribution >= 0.6 is 0 Å². The van der Waals surface area contributed by atoms with Crippen LogP contribution in [0.1, 0.15) is 5.56 Å². The summed E-state index contributed by atoms with van der Waals surface area (Å²) in [6, 6.07) is 18.5. The second-order valence-electron chi connectivity index (χ2n) is 4.02. The molecule has 0 radical (unpaired) electrons. The van der Waals surface area contributed by atoms with Gasteiger partial charge in [0.05, 0.1) is 0 Å². The van der Waals surface area contributed by atoms with Gasteiger partial charge >= 0.3 is 0 Å². The Hall–Kier alpha value is -2.02. The highest BCUT2D eigenvalue weighted by Gasteiger charge is 2.05. The number of benzene rings is 2. The van der Waals surface area contributed by atoms with Gasteiger partial charge < -0.3 is 4.42 Å². The summed E-state index contributed by atoms with van der Waals surface area (Å²) in [5.41, 5.74) is 3.33. The number of fused-ring (bicyclic) bond motifs is 1. The molecule has 3 rings (SSSR count). The summed E-state index contributed by atoms with van der Waals surface area (Å²) in [5, 5.41) is 1.17. The summed E-state index contributed by atoms with van der Waals surface area (Å²) in [6.45, 7) is 2.09. The minimum atomic E-state index is 0.932. The van der Waals surface area contributed by atoms with E-state index in [0.717, 1.165) is 16.9 Å². The Morgan fingerprint density at radius 1 is 0.875 bits per heavy atom. The fourth-order valence-corrected chi connectivity index (χ4v) is 1.91. The van der Waals surface area contributed by atoms with Crippen LogP contribution in [-0.2, 0) is 0 Å². The monoisotopic (exact) mass is 208 g/mol. The van der Waals surface area contributed by atoms with Crippen molar-refractivity contribution < 1.29 is 4.42 Å². The fraction of sp³-hybridized carbons (Fsp3) is 0.0667. The van der Waals surface area contributed by atoms with Gasteiger partial charge in [-0.3, -0.25) is 0 Å². The Labute approximate surface area is 94.3 Å². The van der Waals surface area contributed by atoms with Gasteiger partial charge in [0.1, 0.15) is 11.3 Å². The number of aryl methyl sites for hydroxylation is 1. The van der Waals surface area contributed by atoms with Crippen LogP contribution in [0.25, 0.3) is 22.3 Å². The molecule has 0 atom stereocenters. The van der Waals surface area contributed by atoms with Crippen LogP contribution < -0.4 is 0 Å². The second-order valence-corrected chi connectivity index (χ2v) is 4.02. The molecule has 0 aliphatic heterocycles. The molecular weight excluding hydrogens is 196 g/mol.